The van der Waals surface area contributed by atoms with Gasteiger partial charge >= 0.3 is 0 Å². The largest absolute Gasteiger partial charge is 0.278 e. The second-order valence-corrected chi connectivity index (χ2v) is 7.71. The van der Waals surface area contributed by atoms with Crippen LogP contribution in [-0.4, -0.2) is 8.42 Å². The number of benzene rings is 2. The fourth-order valence-electron chi connectivity index (χ4n) is 1.49. The van der Waals surface area contributed by atoms with Crippen LogP contribution in [0.1, 0.15) is 0 Å². The van der Waals surface area contributed by atoms with E-state index in [2.05, 4.69) is 20.7 Å². The Kier molecular flexibility index (Phi) is 5.05. The smallest absolute Gasteiger partial charge is 0.264 e. The first-order valence-corrected chi connectivity index (χ1v) is 8.74. The summed E-state index contributed by atoms with van der Waals surface area (Å²) in [4.78, 5) is -0.507. The van der Waals surface area contributed by atoms with Crippen molar-refractivity contribution in [1.29, 1.82) is 0 Å². The zero-order valence-electron chi connectivity index (χ0n) is 10.0. The number of anilines is 1. The molecule has 2 rings (SSSR count). The molecule has 0 bridgehead atoms. The maximum atomic E-state index is 13.8. The Hall–Kier alpha value is -0.530. The first-order chi connectivity index (χ1) is 9.70. The predicted octanol–water partition coefficient (Wildman–Crippen LogP) is 5.35. The Labute approximate surface area is 144 Å². The average Bonchev–Trinajstić information content (AvgIpc) is 2.35. The fourth-order valence-corrected chi connectivity index (χ4v) is 3.61. The summed E-state index contributed by atoms with van der Waals surface area (Å²) in [7, 11) is -4.14. The molecule has 0 spiro atoms. The Morgan fingerprint density at radius 3 is 2.24 bits per heavy atom. The van der Waals surface area contributed by atoms with Crippen LogP contribution in [0.4, 0.5) is 10.1 Å². The molecule has 0 aliphatic heterocycles. The van der Waals surface area contributed by atoms with Gasteiger partial charge in [-0.3, -0.25) is 4.72 Å². The van der Waals surface area contributed by atoms with Crippen LogP contribution < -0.4 is 4.72 Å². The predicted molar refractivity (Wildman–Crippen MR) is 86.4 cm³/mol. The van der Waals surface area contributed by atoms with Crippen molar-refractivity contribution in [3.8, 4) is 0 Å². The molecular formula is C12H6BrCl3FNO2S. The van der Waals surface area contributed by atoms with Gasteiger partial charge in [-0.25, -0.2) is 12.8 Å². The van der Waals surface area contributed by atoms with Gasteiger partial charge in [-0.15, -0.1) is 0 Å². The van der Waals surface area contributed by atoms with Crippen molar-refractivity contribution in [2.45, 2.75) is 4.90 Å². The minimum absolute atomic E-state index is 0.00776. The van der Waals surface area contributed by atoms with E-state index in [1.165, 1.54) is 18.2 Å². The van der Waals surface area contributed by atoms with E-state index in [4.69, 9.17) is 34.8 Å². The maximum absolute atomic E-state index is 13.8. The van der Waals surface area contributed by atoms with Crippen molar-refractivity contribution in [1.82, 2.24) is 0 Å². The van der Waals surface area contributed by atoms with Crippen molar-refractivity contribution in [2.75, 3.05) is 4.72 Å². The van der Waals surface area contributed by atoms with Gasteiger partial charge in [-0.2, -0.15) is 0 Å². The summed E-state index contributed by atoms with van der Waals surface area (Å²) in [5.74, 6) is -0.895. The van der Waals surface area contributed by atoms with Crippen LogP contribution in [0, 0.1) is 5.82 Å². The Balaban J connectivity index is 2.45. The second kappa shape index (κ2) is 6.30. The fraction of sp³-hybridized carbons (Fsp3) is 0. The molecule has 0 amide bonds. The molecule has 0 atom stereocenters. The lowest BCUT2D eigenvalue weighted by Gasteiger charge is -2.11. The third-order valence-corrected chi connectivity index (χ3v) is 5.36. The molecule has 1 N–H and O–H groups in total. The van der Waals surface area contributed by atoms with Crippen LogP contribution in [0.25, 0.3) is 0 Å². The first-order valence-electron chi connectivity index (χ1n) is 5.33. The zero-order chi connectivity index (χ0) is 15.8. The highest BCUT2D eigenvalue weighted by Crippen LogP contribution is 2.33. The van der Waals surface area contributed by atoms with Crippen LogP contribution >= 0.6 is 50.7 Å². The van der Waals surface area contributed by atoms with E-state index in [1.54, 1.807) is 0 Å². The average molecular weight is 434 g/mol. The molecule has 0 heterocycles. The van der Waals surface area contributed by atoms with Gasteiger partial charge in [0.05, 0.1) is 20.8 Å². The molecule has 0 aliphatic carbocycles. The quantitative estimate of drug-likeness (QED) is 0.664. The molecule has 0 fully saturated rings. The molecule has 2 aromatic carbocycles. The van der Waals surface area contributed by atoms with Crippen molar-refractivity contribution in [2.24, 2.45) is 0 Å². The number of sulfonamides is 1. The highest BCUT2D eigenvalue weighted by molar-refractivity contribution is 9.10. The first kappa shape index (κ1) is 16.8. The molecule has 0 aromatic heterocycles. The third-order valence-electron chi connectivity index (χ3n) is 2.44. The Morgan fingerprint density at radius 2 is 1.62 bits per heavy atom. The van der Waals surface area contributed by atoms with E-state index in [-0.39, 0.29) is 20.8 Å². The van der Waals surface area contributed by atoms with Crippen LogP contribution in [-0.2, 0) is 10.0 Å². The molecule has 0 aliphatic rings. The van der Waals surface area contributed by atoms with Gasteiger partial charge in [0.1, 0.15) is 10.7 Å². The summed E-state index contributed by atoms with van der Waals surface area (Å²) in [6.07, 6.45) is 0. The van der Waals surface area contributed by atoms with Gasteiger partial charge in [0.25, 0.3) is 10.0 Å². The topological polar surface area (TPSA) is 46.2 Å². The molecule has 3 nitrogen and oxygen atoms in total. The lowest BCUT2D eigenvalue weighted by Crippen LogP contribution is -2.15. The molecular weight excluding hydrogens is 427 g/mol. The monoisotopic (exact) mass is 431 g/mol. The number of halogens is 5. The molecule has 21 heavy (non-hydrogen) atoms. The summed E-state index contributed by atoms with van der Waals surface area (Å²) in [5, 5.41) is 0.347. The minimum atomic E-state index is -4.14. The summed E-state index contributed by atoms with van der Waals surface area (Å²) in [5.41, 5.74) is 0.00776. The van der Waals surface area contributed by atoms with Crippen LogP contribution in [0.3, 0.4) is 0 Å². The van der Waals surface area contributed by atoms with Gasteiger partial charge in [0, 0.05) is 4.47 Å². The van der Waals surface area contributed by atoms with Crippen molar-refractivity contribution >= 4 is 66.4 Å². The van der Waals surface area contributed by atoms with Gasteiger partial charge in [0.2, 0.25) is 0 Å². The molecule has 0 unspecified atom stereocenters. The number of hydrogen-bond acceptors (Lipinski definition) is 2. The van der Waals surface area contributed by atoms with E-state index >= 15 is 0 Å². The zero-order valence-corrected chi connectivity index (χ0v) is 14.7. The third kappa shape index (κ3) is 3.81. The normalized spacial score (nSPS) is 11.5. The second-order valence-electron chi connectivity index (χ2n) is 3.93. The lowest BCUT2D eigenvalue weighted by atomic mass is 10.3. The van der Waals surface area contributed by atoms with E-state index < -0.39 is 20.7 Å². The maximum Gasteiger partial charge on any atom is 0.264 e. The Bertz CT molecular complexity index is 814. The summed E-state index contributed by atoms with van der Waals surface area (Å²) in [6.45, 7) is 0. The van der Waals surface area contributed by atoms with Gasteiger partial charge in [-0.05, 0) is 30.3 Å². The SMILES string of the molecule is O=S(=O)(Nc1cc(Cl)c(Cl)cc1Cl)c1ccc(Br)cc1F. The summed E-state index contributed by atoms with van der Waals surface area (Å²) >= 11 is 20.5. The number of nitrogens with one attached hydrogen (secondary N) is 1. The van der Waals surface area contributed by atoms with Crippen molar-refractivity contribution in [3.63, 3.8) is 0 Å². The molecule has 112 valence electrons. The minimum Gasteiger partial charge on any atom is -0.278 e. The highest BCUT2D eigenvalue weighted by atomic mass is 79.9. The molecule has 0 saturated carbocycles. The van der Waals surface area contributed by atoms with Crippen molar-refractivity contribution < 1.29 is 12.8 Å². The van der Waals surface area contributed by atoms with Crippen LogP contribution in [0.15, 0.2) is 39.7 Å². The van der Waals surface area contributed by atoms with Gasteiger partial charge < -0.3 is 0 Å². The Morgan fingerprint density at radius 1 is 1.00 bits per heavy atom. The van der Waals surface area contributed by atoms with Gasteiger partial charge in [0.15, 0.2) is 0 Å². The van der Waals surface area contributed by atoms with E-state index in [0.29, 0.717) is 4.47 Å². The molecule has 0 radical (unpaired) electrons. The standard InChI is InChI=1S/C12H6BrCl3FNO2S/c13-6-1-2-12(10(17)3-6)21(19,20)18-11-5-8(15)7(14)4-9(11)16/h1-5,18H. The molecule has 0 saturated heterocycles. The lowest BCUT2D eigenvalue weighted by molar-refractivity contribution is 0.570. The van der Waals surface area contributed by atoms with Crippen LogP contribution in [0.5, 0.6) is 0 Å². The summed E-state index contributed by atoms with van der Waals surface area (Å²) in [6, 6.07) is 6.13. The summed E-state index contributed by atoms with van der Waals surface area (Å²) < 4.78 is 40.7. The van der Waals surface area contributed by atoms with Gasteiger partial charge in [-0.1, -0.05) is 50.7 Å². The van der Waals surface area contributed by atoms with Crippen LogP contribution in [0.2, 0.25) is 15.1 Å². The number of rotatable bonds is 3. The van der Waals surface area contributed by atoms with Crippen molar-refractivity contribution in [3.05, 3.63) is 55.7 Å². The van der Waals surface area contributed by atoms with E-state index in [0.717, 1.165) is 12.1 Å². The number of hydrogen-bond donors (Lipinski definition) is 1. The van der Waals surface area contributed by atoms with E-state index in [1.807, 2.05) is 0 Å². The molecule has 9 heteroatoms. The molecule has 2 aromatic rings. The van der Waals surface area contributed by atoms with E-state index in [9.17, 15) is 12.8 Å². The highest BCUT2D eigenvalue weighted by Gasteiger charge is 2.21.